The molecule has 1 heterocycles. The number of unbranched alkanes of at least 4 members (excludes halogenated alkanes) is 1. The molecule has 94 valence electrons. The Morgan fingerprint density at radius 2 is 2.41 bits per heavy atom. The molecule has 1 aromatic heterocycles. The topological polar surface area (TPSA) is 51.2 Å². The van der Waals surface area contributed by atoms with E-state index in [9.17, 15) is 4.79 Å². The lowest BCUT2D eigenvalue weighted by Gasteiger charge is -2.13. The van der Waals surface area contributed by atoms with E-state index in [-0.39, 0.29) is 5.91 Å². The van der Waals surface area contributed by atoms with Gasteiger partial charge in [0.15, 0.2) is 5.82 Å². The summed E-state index contributed by atoms with van der Waals surface area (Å²) in [6, 6.07) is 3.38. The number of rotatable bonds is 6. The van der Waals surface area contributed by atoms with E-state index in [4.69, 9.17) is 16.3 Å². The molecule has 0 saturated heterocycles. The number of aromatic nitrogens is 1. The second-order valence-corrected chi connectivity index (χ2v) is 4.10. The van der Waals surface area contributed by atoms with E-state index in [1.807, 2.05) is 0 Å². The van der Waals surface area contributed by atoms with Crippen molar-refractivity contribution < 1.29 is 9.53 Å². The van der Waals surface area contributed by atoms with Gasteiger partial charge >= 0.3 is 0 Å². The quantitative estimate of drug-likeness (QED) is 0.797. The van der Waals surface area contributed by atoms with Crippen LogP contribution in [-0.4, -0.2) is 23.6 Å². The van der Waals surface area contributed by atoms with E-state index in [0.29, 0.717) is 17.4 Å². The number of ether oxygens (including phenoxy) is 1. The highest BCUT2D eigenvalue weighted by Crippen LogP contribution is 2.17. The van der Waals surface area contributed by atoms with Crippen molar-refractivity contribution in [2.45, 2.75) is 32.8 Å². The van der Waals surface area contributed by atoms with Crippen molar-refractivity contribution in [1.82, 2.24) is 4.98 Å². The zero-order valence-electron chi connectivity index (χ0n) is 10.1. The first-order valence-electron chi connectivity index (χ1n) is 5.68. The number of carbonyl (C=O) groups excluding carboxylic acids is 1. The molecule has 1 atom stereocenters. The van der Waals surface area contributed by atoms with Crippen LogP contribution in [0, 0.1) is 0 Å². The van der Waals surface area contributed by atoms with E-state index < -0.39 is 6.10 Å². The van der Waals surface area contributed by atoms with E-state index in [1.54, 1.807) is 25.3 Å². The van der Waals surface area contributed by atoms with Crippen LogP contribution in [0.5, 0.6) is 0 Å². The standard InChI is InChI=1S/C12H17ClN2O2/c1-3-4-8-17-9(2)12(16)15-11-10(13)6-5-7-14-11/h5-7,9H,3-4,8H2,1-2H3,(H,14,15,16)/t9-/m0/s1. The maximum atomic E-state index is 11.7. The highest BCUT2D eigenvalue weighted by atomic mass is 35.5. The fourth-order valence-electron chi connectivity index (χ4n) is 1.18. The maximum Gasteiger partial charge on any atom is 0.254 e. The average Bonchev–Trinajstić information content (AvgIpc) is 2.32. The SMILES string of the molecule is CCCCO[C@@H](C)C(=O)Nc1ncccc1Cl. The van der Waals surface area contributed by atoms with Crippen LogP contribution in [0.3, 0.4) is 0 Å². The molecule has 4 nitrogen and oxygen atoms in total. The Morgan fingerprint density at radius 3 is 3.06 bits per heavy atom. The minimum atomic E-state index is -0.500. The number of carbonyl (C=O) groups is 1. The number of nitrogens with one attached hydrogen (secondary N) is 1. The number of halogens is 1. The van der Waals surface area contributed by atoms with Gasteiger partial charge in [-0.1, -0.05) is 24.9 Å². The Balaban J connectivity index is 2.46. The molecule has 0 aliphatic heterocycles. The van der Waals surface area contributed by atoms with Crippen LogP contribution < -0.4 is 5.32 Å². The first kappa shape index (κ1) is 13.9. The number of pyridine rings is 1. The fraction of sp³-hybridized carbons (Fsp3) is 0.500. The molecule has 1 amide bonds. The van der Waals surface area contributed by atoms with Crippen molar-refractivity contribution in [3.05, 3.63) is 23.4 Å². The van der Waals surface area contributed by atoms with Crippen LogP contribution in [0.4, 0.5) is 5.82 Å². The van der Waals surface area contributed by atoms with Gasteiger partial charge < -0.3 is 10.1 Å². The lowest BCUT2D eigenvalue weighted by molar-refractivity contribution is -0.126. The third-order valence-corrected chi connectivity index (χ3v) is 2.54. The summed E-state index contributed by atoms with van der Waals surface area (Å²) < 4.78 is 5.37. The number of anilines is 1. The summed E-state index contributed by atoms with van der Waals surface area (Å²) >= 11 is 5.88. The summed E-state index contributed by atoms with van der Waals surface area (Å²) in [5.41, 5.74) is 0. The van der Waals surface area contributed by atoms with Gasteiger partial charge in [-0.25, -0.2) is 4.98 Å². The molecule has 0 aliphatic rings. The minimum Gasteiger partial charge on any atom is -0.369 e. The maximum absolute atomic E-state index is 11.7. The normalized spacial score (nSPS) is 12.2. The Morgan fingerprint density at radius 1 is 1.65 bits per heavy atom. The molecule has 0 aliphatic carbocycles. The number of hydrogen-bond donors (Lipinski definition) is 1. The van der Waals surface area contributed by atoms with Crippen molar-refractivity contribution in [2.75, 3.05) is 11.9 Å². The summed E-state index contributed by atoms with van der Waals surface area (Å²) in [6.45, 7) is 4.37. The molecular formula is C12H17ClN2O2. The van der Waals surface area contributed by atoms with Crippen LogP contribution in [-0.2, 0) is 9.53 Å². The summed E-state index contributed by atoms with van der Waals surface area (Å²) in [5, 5.41) is 3.05. The van der Waals surface area contributed by atoms with E-state index >= 15 is 0 Å². The summed E-state index contributed by atoms with van der Waals surface area (Å²) in [6.07, 6.45) is 3.06. The highest BCUT2D eigenvalue weighted by Gasteiger charge is 2.14. The molecule has 17 heavy (non-hydrogen) atoms. The predicted octanol–water partition coefficient (Wildman–Crippen LogP) is 2.88. The lowest BCUT2D eigenvalue weighted by Crippen LogP contribution is -2.28. The first-order chi connectivity index (χ1) is 8.15. The highest BCUT2D eigenvalue weighted by molar-refractivity contribution is 6.33. The Hall–Kier alpha value is -1.13. The van der Waals surface area contributed by atoms with Crippen LogP contribution in [0.15, 0.2) is 18.3 Å². The second kappa shape index (κ2) is 7.25. The smallest absolute Gasteiger partial charge is 0.254 e. The molecule has 0 aromatic carbocycles. The van der Waals surface area contributed by atoms with Crippen molar-refractivity contribution in [2.24, 2.45) is 0 Å². The first-order valence-corrected chi connectivity index (χ1v) is 6.06. The van der Waals surface area contributed by atoms with Gasteiger partial charge in [-0.2, -0.15) is 0 Å². The lowest BCUT2D eigenvalue weighted by atomic mass is 10.3. The van der Waals surface area contributed by atoms with Gasteiger partial charge in [-0.05, 0) is 25.5 Å². The zero-order valence-corrected chi connectivity index (χ0v) is 10.8. The number of nitrogens with zero attached hydrogens (tertiary/aromatic N) is 1. The largest absolute Gasteiger partial charge is 0.369 e. The zero-order chi connectivity index (χ0) is 12.7. The summed E-state index contributed by atoms with van der Waals surface area (Å²) in [7, 11) is 0. The van der Waals surface area contributed by atoms with Crippen LogP contribution in [0.25, 0.3) is 0 Å². The minimum absolute atomic E-state index is 0.235. The third kappa shape index (κ3) is 4.71. The number of hydrogen-bond acceptors (Lipinski definition) is 3. The molecule has 1 rings (SSSR count). The molecule has 1 aromatic rings. The Labute approximate surface area is 106 Å². The number of amides is 1. The Kier molecular flexibility index (Phi) is 5.94. The van der Waals surface area contributed by atoms with E-state index in [2.05, 4.69) is 17.2 Å². The third-order valence-electron chi connectivity index (χ3n) is 2.24. The molecule has 0 saturated carbocycles. The average molecular weight is 257 g/mol. The van der Waals surface area contributed by atoms with Crippen molar-refractivity contribution in [1.29, 1.82) is 0 Å². The Bertz CT molecular complexity index is 371. The van der Waals surface area contributed by atoms with Gasteiger partial charge in [0.1, 0.15) is 6.10 Å². The molecular weight excluding hydrogens is 240 g/mol. The monoisotopic (exact) mass is 256 g/mol. The van der Waals surface area contributed by atoms with Gasteiger partial charge in [-0.3, -0.25) is 4.79 Å². The molecule has 1 N–H and O–H groups in total. The van der Waals surface area contributed by atoms with Gasteiger partial charge in [0, 0.05) is 12.8 Å². The van der Waals surface area contributed by atoms with Gasteiger partial charge in [0.25, 0.3) is 5.91 Å². The fourth-order valence-corrected chi connectivity index (χ4v) is 1.34. The summed E-state index contributed by atoms with van der Waals surface area (Å²) in [5.74, 6) is 0.131. The summed E-state index contributed by atoms with van der Waals surface area (Å²) in [4.78, 5) is 15.7. The van der Waals surface area contributed by atoms with Crippen molar-refractivity contribution in [3.63, 3.8) is 0 Å². The van der Waals surface area contributed by atoms with Crippen LogP contribution in [0.1, 0.15) is 26.7 Å². The van der Waals surface area contributed by atoms with E-state index in [0.717, 1.165) is 12.8 Å². The molecule has 5 heteroatoms. The van der Waals surface area contributed by atoms with Gasteiger partial charge in [0.2, 0.25) is 0 Å². The van der Waals surface area contributed by atoms with Gasteiger partial charge in [-0.15, -0.1) is 0 Å². The van der Waals surface area contributed by atoms with Crippen LogP contribution >= 0.6 is 11.6 Å². The predicted molar refractivity (Wildman–Crippen MR) is 68.2 cm³/mol. The molecule has 0 fully saturated rings. The van der Waals surface area contributed by atoms with Crippen LogP contribution in [0.2, 0.25) is 5.02 Å². The van der Waals surface area contributed by atoms with Crippen molar-refractivity contribution in [3.8, 4) is 0 Å². The molecule has 0 radical (unpaired) electrons. The van der Waals surface area contributed by atoms with Crippen molar-refractivity contribution >= 4 is 23.3 Å². The molecule has 0 unspecified atom stereocenters. The van der Waals surface area contributed by atoms with Gasteiger partial charge in [0.05, 0.1) is 5.02 Å². The second-order valence-electron chi connectivity index (χ2n) is 3.69. The molecule has 0 bridgehead atoms. The molecule has 0 spiro atoms. The van der Waals surface area contributed by atoms with E-state index in [1.165, 1.54) is 0 Å².